The highest BCUT2D eigenvalue weighted by atomic mass is 32.2. The highest BCUT2D eigenvalue weighted by Crippen LogP contribution is 2.16. The summed E-state index contributed by atoms with van der Waals surface area (Å²) < 4.78 is 4.91. The first-order valence-corrected chi connectivity index (χ1v) is 8.28. The molecular formula is C16H25NO2S. The summed E-state index contributed by atoms with van der Waals surface area (Å²) in [5.74, 6) is 1.89. The van der Waals surface area contributed by atoms with Gasteiger partial charge in [0.05, 0.1) is 13.0 Å². The number of hydrogen-bond acceptors (Lipinski definition) is 4. The minimum atomic E-state index is -0.234. The van der Waals surface area contributed by atoms with Gasteiger partial charge in [-0.05, 0) is 30.4 Å². The Morgan fingerprint density at radius 2 is 2.05 bits per heavy atom. The van der Waals surface area contributed by atoms with Gasteiger partial charge in [0, 0.05) is 12.6 Å². The van der Waals surface area contributed by atoms with Crippen molar-refractivity contribution in [2.75, 3.05) is 25.2 Å². The maximum absolute atomic E-state index is 11.9. The Kier molecular flexibility index (Phi) is 8.38. The van der Waals surface area contributed by atoms with Crippen LogP contribution < -0.4 is 5.32 Å². The van der Waals surface area contributed by atoms with Gasteiger partial charge in [-0.2, -0.15) is 11.8 Å². The normalized spacial score (nSPS) is 13.8. The number of hydrogen-bond donors (Lipinski definition) is 1. The molecule has 3 nitrogen and oxygen atoms in total. The van der Waals surface area contributed by atoms with Crippen LogP contribution in [-0.2, 0) is 9.53 Å². The van der Waals surface area contributed by atoms with Gasteiger partial charge in [0.1, 0.15) is 0 Å². The van der Waals surface area contributed by atoms with Gasteiger partial charge in [-0.15, -0.1) is 0 Å². The number of methoxy groups -OCH3 is 1. The van der Waals surface area contributed by atoms with Crippen LogP contribution in [0.3, 0.4) is 0 Å². The number of ether oxygens (including phenoxy) is 1. The zero-order valence-electron chi connectivity index (χ0n) is 12.6. The first-order valence-electron chi connectivity index (χ1n) is 7.13. The van der Waals surface area contributed by atoms with Crippen LogP contribution >= 0.6 is 11.8 Å². The molecule has 0 radical (unpaired) electrons. The molecule has 1 aromatic rings. The van der Waals surface area contributed by atoms with E-state index >= 15 is 0 Å². The van der Waals surface area contributed by atoms with Gasteiger partial charge in [0.2, 0.25) is 0 Å². The predicted molar refractivity (Wildman–Crippen MR) is 86.3 cm³/mol. The minimum absolute atomic E-state index is 0.182. The summed E-state index contributed by atoms with van der Waals surface area (Å²) in [6.45, 7) is 4.95. The van der Waals surface area contributed by atoms with E-state index in [1.165, 1.54) is 7.11 Å². The molecule has 20 heavy (non-hydrogen) atoms. The number of thioether (sulfide) groups is 1. The minimum Gasteiger partial charge on any atom is -0.469 e. The van der Waals surface area contributed by atoms with Crippen LogP contribution in [0.25, 0.3) is 0 Å². The molecular weight excluding hydrogens is 270 g/mol. The molecule has 0 spiro atoms. The van der Waals surface area contributed by atoms with E-state index in [-0.39, 0.29) is 11.9 Å². The summed E-state index contributed by atoms with van der Waals surface area (Å²) >= 11 is 1.95. The molecule has 0 saturated carbocycles. The average molecular weight is 295 g/mol. The third kappa shape index (κ3) is 5.97. The second kappa shape index (κ2) is 9.83. The standard InChI is InChI=1S/C16H25NO2S/c1-4-20-11-10-13(2)17-12-15(16(18)19-3)14-8-6-5-7-9-14/h5-9,13,15,17H,4,10-12H2,1-3H3. The number of benzene rings is 1. The van der Waals surface area contributed by atoms with E-state index in [0.29, 0.717) is 12.6 Å². The molecule has 0 aliphatic rings. The molecule has 1 aromatic carbocycles. The molecule has 0 saturated heterocycles. The summed E-state index contributed by atoms with van der Waals surface area (Å²) in [7, 11) is 1.44. The van der Waals surface area contributed by atoms with Crippen LogP contribution in [0.15, 0.2) is 30.3 Å². The third-order valence-corrected chi connectivity index (χ3v) is 4.19. The molecule has 1 rings (SSSR count). The van der Waals surface area contributed by atoms with Crippen LogP contribution in [0.2, 0.25) is 0 Å². The van der Waals surface area contributed by atoms with Gasteiger partial charge in [-0.25, -0.2) is 0 Å². The molecule has 0 amide bonds. The average Bonchev–Trinajstić information content (AvgIpc) is 2.48. The number of nitrogens with one attached hydrogen (secondary N) is 1. The zero-order valence-corrected chi connectivity index (χ0v) is 13.4. The van der Waals surface area contributed by atoms with Gasteiger partial charge in [0.25, 0.3) is 0 Å². The van der Waals surface area contributed by atoms with Crippen LogP contribution in [0.1, 0.15) is 31.7 Å². The molecule has 4 heteroatoms. The van der Waals surface area contributed by atoms with Gasteiger partial charge in [0.15, 0.2) is 0 Å². The Morgan fingerprint density at radius 1 is 1.35 bits per heavy atom. The van der Waals surface area contributed by atoms with Crippen LogP contribution in [0.4, 0.5) is 0 Å². The van der Waals surface area contributed by atoms with Gasteiger partial charge < -0.3 is 10.1 Å². The summed E-state index contributed by atoms with van der Waals surface area (Å²) in [5.41, 5.74) is 1.00. The van der Waals surface area contributed by atoms with Crippen molar-refractivity contribution in [3.8, 4) is 0 Å². The van der Waals surface area contributed by atoms with E-state index < -0.39 is 0 Å². The van der Waals surface area contributed by atoms with Crippen molar-refractivity contribution in [2.24, 2.45) is 0 Å². The second-order valence-corrected chi connectivity index (χ2v) is 6.18. The maximum atomic E-state index is 11.9. The van der Waals surface area contributed by atoms with E-state index in [2.05, 4.69) is 19.2 Å². The van der Waals surface area contributed by atoms with Crippen molar-refractivity contribution in [1.29, 1.82) is 0 Å². The van der Waals surface area contributed by atoms with Crippen molar-refractivity contribution < 1.29 is 9.53 Å². The first-order chi connectivity index (χ1) is 9.69. The van der Waals surface area contributed by atoms with Gasteiger partial charge >= 0.3 is 5.97 Å². The summed E-state index contributed by atoms with van der Waals surface area (Å²) in [5, 5.41) is 3.44. The molecule has 0 aliphatic heterocycles. The number of esters is 1. The van der Waals surface area contributed by atoms with Gasteiger partial charge in [-0.3, -0.25) is 4.79 Å². The summed E-state index contributed by atoms with van der Waals surface area (Å²) in [6.07, 6.45) is 1.11. The van der Waals surface area contributed by atoms with E-state index in [1.807, 2.05) is 42.1 Å². The second-order valence-electron chi connectivity index (χ2n) is 4.78. The van der Waals surface area contributed by atoms with Crippen molar-refractivity contribution in [3.63, 3.8) is 0 Å². The first kappa shape index (κ1) is 17.1. The largest absolute Gasteiger partial charge is 0.469 e. The number of carbonyl (C=O) groups is 1. The molecule has 0 aliphatic carbocycles. The molecule has 1 N–H and O–H groups in total. The van der Waals surface area contributed by atoms with Crippen molar-refractivity contribution >= 4 is 17.7 Å². The topological polar surface area (TPSA) is 38.3 Å². The lowest BCUT2D eigenvalue weighted by Gasteiger charge is -2.19. The fourth-order valence-corrected chi connectivity index (χ4v) is 2.80. The highest BCUT2D eigenvalue weighted by Gasteiger charge is 2.21. The van der Waals surface area contributed by atoms with E-state index in [1.54, 1.807) is 0 Å². The van der Waals surface area contributed by atoms with Gasteiger partial charge in [-0.1, -0.05) is 37.3 Å². The van der Waals surface area contributed by atoms with Crippen LogP contribution in [-0.4, -0.2) is 37.2 Å². The Labute approximate surface area is 126 Å². The quantitative estimate of drug-likeness (QED) is 0.561. The number of carbonyl (C=O) groups excluding carboxylic acids is 1. The lowest BCUT2D eigenvalue weighted by atomic mass is 9.99. The zero-order chi connectivity index (χ0) is 14.8. The van der Waals surface area contributed by atoms with Crippen molar-refractivity contribution in [1.82, 2.24) is 5.32 Å². The maximum Gasteiger partial charge on any atom is 0.314 e. The Bertz CT molecular complexity index is 383. The van der Waals surface area contributed by atoms with Crippen molar-refractivity contribution in [2.45, 2.75) is 32.2 Å². The van der Waals surface area contributed by atoms with Crippen LogP contribution in [0, 0.1) is 0 Å². The molecule has 0 bridgehead atoms. The van der Waals surface area contributed by atoms with E-state index in [0.717, 1.165) is 23.5 Å². The molecule has 0 heterocycles. The SMILES string of the molecule is CCSCCC(C)NCC(C(=O)OC)c1ccccc1. The molecule has 0 fully saturated rings. The molecule has 2 unspecified atom stereocenters. The molecule has 112 valence electrons. The lowest BCUT2D eigenvalue weighted by molar-refractivity contribution is -0.142. The lowest BCUT2D eigenvalue weighted by Crippen LogP contribution is -2.34. The molecule has 2 atom stereocenters. The number of rotatable bonds is 9. The van der Waals surface area contributed by atoms with E-state index in [4.69, 9.17) is 4.74 Å². The summed E-state index contributed by atoms with van der Waals surface area (Å²) in [4.78, 5) is 11.9. The van der Waals surface area contributed by atoms with E-state index in [9.17, 15) is 4.79 Å². The monoisotopic (exact) mass is 295 g/mol. The third-order valence-electron chi connectivity index (χ3n) is 3.26. The summed E-state index contributed by atoms with van der Waals surface area (Å²) in [6, 6.07) is 10.2. The molecule has 0 aromatic heterocycles. The smallest absolute Gasteiger partial charge is 0.314 e. The van der Waals surface area contributed by atoms with Crippen molar-refractivity contribution in [3.05, 3.63) is 35.9 Å². The van der Waals surface area contributed by atoms with Crippen LogP contribution in [0.5, 0.6) is 0 Å². The fourth-order valence-electron chi connectivity index (χ4n) is 1.99. The highest BCUT2D eigenvalue weighted by molar-refractivity contribution is 7.99. The Morgan fingerprint density at radius 3 is 2.65 bits per heavy atom. The predicted octanol–water partition coefficient (Wildman–Crippen LogP) is 3.06. The fraction of sp³-hybridized carbons (Fsp3) is 0.562. The Balaban J connectivity index is 2.52. The Hall–Kier alpha value is -1.00.